The Morgan fingerprint density at radius 1 is 1.08 bits per heavy atom. The number of benzene rings is 1. The van der Waals surface area contributed by atoms with Gasteiger partial charge in [0.2, 0.25) is 0 Å². The highest BCUT2D eigenvalue weighted by molar-refractivity contribution is 5.74. The summed E-state index contributed by atoms with van der Waals surface area (Å²) < 4.78 is 0. The zero-order chi connectivity index (χ0) is 15.9. The molecule has 1 aliphatic heterocycles. The number of nitrogens with one attached hydrogen (secondary N) is 1. The number of hydrogen-bond acceptors (Lipinski definition) is 4. The van der Waals surface area contributed by atoms with Crippen LogP contribution in [0.1, 0.15) is 42.3 Å². The summed E-state index contributed by atoms with van der Waals surface area (Å²) in [6.07, 6.45) is 7.54. The minimum Gasteiger partial charge on any atom is -0.356 e. The maximum absolute atomic E-state index is 4.82. The van der Waals surface area contributed by atoms with E-state index in [9.17, 15) is 0 Å². The number of para-hydroxylation sites is 2. The molecule has 1 unspecified atom stereocenters. The fraction of sp³-hybridized carbons (Fsp3) is 0.421. The molecule has 1 fully saturated rings. The van der Waals surface area contributed by atoms with Crippen LogP contribution in [0.3, 0.4) is 0 Å². The van der Waals surface area contributed by atoms with Gasteiger partial charge in [0.05, 0.1) is 11.0 Å². The fourth-order valence-corrected chi connectivity index (χ4v) is 4.17. The van der Waals surface area contributed by atoms with Crippen molar-refractivity contribution in [3.05, 3.63) is 47.7 Å². The van der Waals surface area contributed by atoms with E-state index in [0.717, 1.165) is 42.8 Å². The molecule has 0 saturated carbocycles. The van der Waals surface area contributed by atoms with Crippen molar-refractivity contribution in [3.63, 3.8) is 0 Å². The average Bonchev–Trinajstić information content (AvgIpc) is 3.28. The van der Waals surface area contributed by atoms with Gasteiger partial charge in [0.1, 0.15) is 18.0 Å². The van der Waals surface area contributed by atoms with E-state index < -0.39 is 0 Å². The number of hydrogen-bond donors (Lipinski definition) is 1. The van der Waals surface area contributed by atoms with Crippen LogP contribution in [0.2, 0.25) is 0 Å². The molecule has 1 atom stereocenters. The summed E-state index contributed by atoms with van der Waals surface area (Å²) >= 11 is 0. The van der Waals surface area contributed by atoms with Crippen LogP contribution in [0.4, 0.5) is 5.82 Å². The predicted molar refractivity (Wildman–Crippen MR) is 94.3 cm³/mol. The van der Waals surface area contributed by atoms with Crippen LogP contribution in [-0.4, -0.2) is 33.0 Å². The smallest absolute Gasteiger partial charge is 0.135 e. The van der Waals surface area contributed by atoms with E-state index >= 15 is 0 Å². The lowest BCUT2D eigenvalue weighted by Gasteiger charge is -2.33. The van der Waals surface area contributed by atoms with Gasteiger partial charge in [-0.2, -0.15) is 0 Å². The van der Waals surface area contributed by atoms with Crippen LogP contribution in [0.5, 0.6) is 0 Å². The fourth-order valence-electron chi connectivity index (χ4n) is 4.17. The lowest BCUT2D eigenvalue weighted by atomic mass is 9.97. The highest BCUT2D eigenvalue weighted by atomic mass is 15.2. The van der Waals surface area contributed by atoms with Gasteiger partial charge in [-0.1, -0.05) is 12.1 Å². The van der Waals surface area contributed by atoms with E-state index in [1.807, 2.05) is 6.07 Å². The molecular formula is C19H21N5. The molecule has 1 aliphatic carbocycles. The minimum absolute atomic E-state index is 0.443. The van der Waals surface area contributed by atoms with Gasteiger partial charge in [-0.15, -0.1) is 0 Å². The summed E-state index contributed by atoms with van der Waals surface area (Å²) in [6.45, 7) is 2.07. The summed E-state index contributed by atoms with van der Waals surface area (Å²) in [5, 5.41) is 0. The molecule has 5 heteroatoms. The summed E-state index contributed by atoms with van der Waals surface area (Å²) in [7, 11) is 0. The molecule has 122 valence electrons. The van der Waals surface area contributed by atoms with Crippen molar-refractivity contribution in [2.45, 2.75) is 38.0 Å². The number of piperidine rings is 1. The third-order valence-electron chi connectivity index (χ3n) is 5.37. The summed E-state index contributed by atoms with van der Waals surface area (Å²) in [5.41, 5.74) is 4.83. The first-order chi connectivity index (χ1) is 11.9. The molecule has 2 aromatic heterocycles. The third kappa shape index (κ3) is 2.27. The van der Waals surface area contributed by atoms with Gasteiger partial charge >= 0.3 is 0 Å². The van der Waals surface area contributed by atoms with E-state index in [-0.39, 0.29) is 0 Å². The lowest BCUT2D eigenvalue weighted by molar-refractivity contribution is 0.491. The van der Waals surface area contributed by atoms with Crippen molar-refractivity contribution >= 4 is 16.9 Å². The Kier molecular flexibility index (Phi) is 3.25. The molecular weight excluding hydrogens is 298 g/mol. The third-order valence-corrected chi connectivity index (χ3v) is 5.37. The van der Waals surface area contributed by atoms with Crippen molar-refractivity contribution in [1.82, 2.24) is 19.9 Å². The molecule has 1 aromatic carbocycles. The molecule has 1 N–H and O–H groups in total. The molecule has 0 amide bonds. The average molecular weight is 319 g/mol. The molecule has 5 nitrogen and oxygen atoms in total. The summed E-state index contributed by atoms with van der Waals surface area (Å²) in [6, 6.07) is 8.28. The van der Waals surface area contributed by atoms with Crippen LogP contribution < -0.4 is 4.90 Å². The van der Waals surface area contributed by atoms with Gasteiger partial charge in [-0.3, -0.25) is 0 Å². The van der Waals surface area contributed by atoms with E-state index in [4.69, 9.17) is 4.98 Å². The highest BCUT2D eigenvalue weighted by Gasteiger charge is 2.28. The molecule has 1 saturated heterocycles. The van der Waals surface area contributed by atoms with Crippen molar-refractivity contribution in [2.75, 3.05) is 18.0 Å². The van der Waals surface area contributed by atoms with Crippen LogP contribution in [0.15, 0.2) is 30.6 Å². The Balaban J connectivity index is 1.45. The number of H-pyrrole nitrogens is 1. The van der Waals surface area contributed by atoms with E-state index in [1.54, 1.807) is 6.33 Å². The SMILES string of the molecule is c1ccc2[nH]c(C3CCCN(c4ncnc5c4CCC5)C3)nc2c1. The van der Waals surface area contributed by atoms with E-state index in [1.165, 1.54) is 36.3 Å². The monoisotopic (exact) mass is 319 g/mol. The molecule has 0 radical (unpaired) electrons. The molecule has 0 bridgehead atoms. The van der Waals surface area contributed by atoms with Gasteiger partial charge in [0.15, 0.2) is 0 Å². The molecule has 24 heavy (non-hydrogen) atoms. The second kappa shape index (κ2) is 5.58. The van der Waals surface area contributed by atoms with Crippen molar-refractivity contribution in [1.29, 1.82) is 0 Å². The standard InChI is InChI=1S/C19H21N5/c1-2-8-17-16(7-1)22-18(23-17)13-5-4-10-24(11-13)19-14-6-3-9-15(14)20-12-21-19/h1-2,7-8,12-13H,3-6,9-11H2,(H,22,23). The van der Waals surface area contributed by atoms with Crippen LogP contribution in [0.25, 0.3) is 11.0 Å². The normalized spacial score (nSPS) is 20.5. The second-order valence-electron chi connectivity index (χ2n) is 6.90. The van der Waals surface area contributed by atoms with Crippen LogP contribution in [-0.2, 0) is 12.8 Å². The number of imidazole rings is 1. The van der Waals surface area contributed by atoms with Crippen LogP contribution in [0, 0.1) is 0 Å². The Morgan fingerprint density at radius 3 is 3.00 bits per heavy atom. The number of fused-ring (bicyclic) bond motifs is 2. The first kappa shape index (κ1) is 14.0. The highest BCUT2D eigenvalue weighted by Crippen LogP contribution is 2.33. The van der Waals surface area contributed by atoms with E-state index in [2.05, 4.69) is 38.1 Å². The topological polar surface area (TPSA) is 57.7 Å². The molecule has 2 aliphatic rings. The minimum atomic E-state index is 0.443. The Morgan fingerprint density at radius 2 is 2.04 bits per heavy atom. The van der Waals surface area contributed by atoms with Crippen LogP contribution >= 0.6 is 0 Å². The van der Waals surface area contributed by atoms with Gasteiger partial charge in [0, 0.05) is 30.3 Å². The molecule has 3 aromatic rings. The first-order valence-electron chi connectivity index (χ1n) is 8.91. The van der Waals surface area contributed by atoms with Crippen molar-refractivity contribution < 1.29 is 0 Å². The quantitative estimate of drug-likeness (QED) is 0.788. The second-order valence-corrected chi connectivity index (χ2v) is 6.90. The van der Waals surface area contributed by atoms with Gasteiger partial charge < -0.3 is 9.88 Å². The molecule has 5 rings (SSSR count). The molecule has 0 spiro atoms. The van der Waals surface area contributed by atoms with E-state index in [0.29, 0.717) is 5.92 Å². The first-order valence-corrected chi connectivity index (χ1v) is 8.91. The number of anilines is 1. The Labute approximate surface area is 141 Å². The van der Waals surface area contributed by atoms with Crippen molar-refractivity contribution in [2.24, 2.45) is 0 Å². The number of aryl methyl sites for hydroxylation is 1. The number of aromatic amines is 1. The number of nitrogens with zero attached hydrogens (tertiary/aromatic N) is 4. The number of rotatable bonds is 2. The molecule has 3 heterocycles. The number of aromatic nitrogens is 4. The summed E-state index contributed by atoms with van der Waals surface area (Å²) in [5.74, 6) is 2.73. The lowest BCUT2D eigenvalue weighted by Crippen LogP contribution is -2.36. The van der Waals surface area contributed by atoms with Gasteiger partial charge in [-0.05, 0) is 44.2 Å². The zero-order valence-electron chi connectivity index (χ0n) is 13.7. The maximum Gasteiger partial charge on any atom is 0.135 e. The van der Waals surface area contributed by atoms with Gasteiger partial charge in [-0.25, -0.2) is 15.0 Å². The zero-order valence-corrected chi connectivity index (χ0v) is 13.7. The predicted octanol–water partition coefficient (Wildman–Crippen LogP) is 3.23. The Hall–Kier alpha value is -2.43. The Bertz CT molecular complexity index is 851. The van der Waals surface area contributed by atoms with Crippen molar-refractivity contribution in [3.8, 4) is 0 Å². The van der Waals surface area contributed by atoms with Gasteiger partial charge in [0.25, 0.3) is 0 Å². The maximum atomic E-state index is 4.82. The summed E-state index contributed by atoms with van der Waals surface area (Å²) in [4.78, 5) is 19.9. The largest absolute Gasteiger partial charge is 0.356 e.